The normalized spacial score (nSPS) is 11.1. The highest BCUT2D eigenvalue weighted by Crippen LogP contribution is 2.12. The van der Waals surface area contributed by atoms with Gasteiger partial charge in [-0.15, -0.1) is 0 Å². The number of hydrogen-bond donors (Lipinski definition) is 1. The van der Waals surface area contributed by atoms with Gasteiger partial charge in [0.25, 0.3) is 0 Å². The molecule has 1 rings (SSSR count). The van der Waals surface area contributed by atoms with Gasteiger partial charge in [0, 0.05) is 17.5 Å². The highest BCUT2D eigenvalue weighted by Gasteiger charge is 2.00. The van der Waals surface area contributed by atoms with Crippen molar-refractivity contribution >= 4 is 11.7 Å². The van der Waals surface area contributed by atoms with E-state index in [1.54, 1.807) is 12.1 Å². The molecule has 0 bridgehead atoms. The van der Waals surface area contributed by atoms with Gasteiger partial charge in [0.1, 0.15) is 5.82 Å². The van der Waals surface area contributed by atoms with Crippen molar-refractivity contribution in [1.29, 1.82) is 0 Å². The monoisotopic (exact) mass is 223 g/mol. The molecule has 0 atom stereocenters. The molecule has 0 amide bonds. The fourth-order valence-electron chi connectivity index (χ4n) is 1.15. The lowest BCUT2D eigenvalue weighted by atomic mass is 10.2. The molecule has 16 heavy (non-hydrogen) atoms. The van der Waals surface area contributed by atoms with Crippen molar-refractivity contribution in [3.63, 3.8) is 0 Å². The average molecular weight is 223 g/mol. The predicted molar refractivity (Wildman–Crippen MR) is 60.4 cm³/mol. The zero-order valence-electron chi connectivity index (χ0n) is 9.29. The van der Waals surface area contributed by atoms with Crippen LogP contribution in [-0.4, -0.2) is 13.1 Å². The molecular weight excluding hydrogens is 209 g/mol. The Kier molecular flexibility index (Phi) is 4.51. The highest BCUT2D eigenvalue weighted by molar-refractivity contribution is 5.83. The van der Waals surface area contributed by atoms with Gasteiger partial charge >= 0.3 is 5.97 Å². The second-order valence-electron chi connectivity index (χ2n) is 3.18. The summed E-state index contributed by atoms with van der Waals surface area (Å²) in [6.07, 6.45) is 2.04. The van der Waals surface area contributed by atoms with Gasteiger partial charge in [-0.05, 0) is 30.7 Å². The number of anilines is 1. The van der Waals surface area contributed by atoms with Gasteiger partial charge < -0.3 is 10.1 Å². The van der Waals surface area contributed by atoms with Gasteiger partial charge in [-0.2, -0.15) is 0 Å². The first kappa shape index (κ1) is 12.2. The summed E-state index contributed by atoms with van der Waals surface area (Å²) in [5, 5.41) is 3.01. The van der Waals surface area contributed by atoms with Crippen LogP contribution in [0.25, 0.3) is 0 Å². The highest BCUT2D eigenvalue weighted by atomic mass is 19.1. The topological polar surface area (TPSA) is 38.3 Å². The fourth-order valence-corrected chi connectivity index (χ4v) is 1.15. The maximum Gasteiger partial charge on any atom is 0.332 e. The van der Waals surface area contributed by atoms with Crippen molar-refractivity contribution in [2.24, 2.45) is 0 Å². The lowest BCUT2D eigenvalue weighted by Gasteiger charge is -2.08. The summed E-state index contributed by atoms with van der Waals surface area (Å²) in [5.41, 5.74) is 1.46. The average Bonchev–Trinajstić information content (AvgIpc) is 2.30. The largest absolute Gasteiger partial charge is 0.466 e. The molecule has 1 N–H and O–H groups in total. The molecule has 3 nitrogen and oxygen atoms in total. The van der Waals surface area contributed by atoms with Crippen LogP contribution in [0, 0.1) is 5.82 Å². The molecule has 0 aromatic heterocycles. The quantitative estimate of drug-likeness (QED) is 0.630. The molecule has 1 aromatic carbocycles. The Morgan fingerprint density at radius 1 is 1.44 bits per heavy atom. The van der Waals surface area contributed by atoms with Crippen LogP contribution in [0.5, 0.6) is 0 Å². The van der Waals surface area contributed by atoms with Crippen LogP contribution >= 0.6 is 0 Å². The summed E-state index contributed by atoms with van der Waals surface area (Å²) in [4.78, 5) is 11.0. The Hall–Kier alpha value is -1.84. The van der Waals surface area contributed by atoms with Crippen LogP contribution in [-0.2, 0) is 9.53 Å². The van der Waals surface area contributed by atoms with Gasteiger partial charge in [-0.25, -0.2) is 9.18 Å². The van der Waals surface area contributed by atoms with Gasteiger partial charge in [0.05, 0.1) is 7.11 Å². The summed E-state index contributed by atoms with van der Waals surface area (Å²) < 4.78 is 17.2. The van der Waals surface area contributed by atoms with Gasteiger partial charge in [-0.3, -0.25) is 0 Å². The van der Waals surface area contributed by atoms with Gasteiger partial charge in [0.2, 0.25) is 0 Å². The Morgan fingerprint density at radius 3 is 2.56 bits per heavy atom. The summed E-state index contributed by atoms with van der Waals surface area (Å²) in [6, 6.07) is 5.92. The van der Waals surface area contributed by atoms with Crippen molar-refractivity contribution in [3.8, 4) is 0 Å². The van der Waals surface area contributed by atoms with Crippen LogP contribution in [0.1, 0.15) is 13.3 Å². The third-order valence-corrected chi connectivity index (χ3v) is 2.02. The molecular formula is C12H14FNO2. The molecule has 0 unspecified atom stereocenters. The number of ether oxygens (including phenoxy) is 1. The summed E-state index contributed by atoms with van der Waals surface area (Å²) in [5.74, 6) is -0.702. The van der Waals surface area contributed by atoms with Crippen LogP contribution in [0.4, 0.5) is 10.1 Å². The van der Waals surface area contributed by atoms with E-state index in [4.69, 9.17) is 0 Å². The summed E-state index contributed by atoms with van der Waals surface area (Å²) in [7, 11) is 1.32. The zero-order valence-corrected chi connectivity index (χ0v) is 9.29. The SMILES string of the molecule is CCC(=CC(=O)OC)Nc1ccc(F)cc1. The Bertz CT molecular complexity index is 385. The third kappa shape index (κ3) is 3.73. The second kappa shape index (κ2) is 5.90. The molecule has 4 heteroatoms. The molecule has 0 spiro atoms. The minimum Gasteiger partial charge on any atom is -0.466 e. The van der Waals surface area contributed by atoms with Crippen LogP contribution in [0.2, 0.25) is 0 Å². The van der Waals surface area contributed by atoms with Gasteiger partial charge in [-0.1, -0.05) is 6.92 Å². The Labute approximate surface area is 93.9 Å². The third-order valence-electron chi connectivity index (χ3n) is 2.02. The molecule has 0 aliphatic rings. The number of allylic oxidation sites excluding steroid dienone is 1. The van der Waals surface area contributed by atoms with E-state index in [1.807, 2.05) is 6.92 Å². The van der Waals surface area contributed by atoms with Crippen molar-refractivity contribution in [3.05, 3.63) is 41.9 Å². The maximum atomic E-state index is 12.7. The first-order valence-corrected chi connectivity index (χ1v) is 4.96. The van der Waals surface area contributed by atoms with Gasteiger partial charge in [0.15, 0.2) is 0 Å². The smallest absolute Gasteiger partial charge is 0.332 e. The molecule has 0 aliphatic carbocycles. The van der Waals surface area contributed by atoms with Crippen molar-refractivity contribution in [2.75, 3.05) is 12.4 Å². The van der Waals surface area contributed by atoms with E-state index in [2.05, 4.69) is 10.1 Å². The van der Waals surface area contributed by atoms with E-state index >= 15 is 0 Å². The standard InChI is InChI=1S/C12H14FNO2/c1-3-10(8-12(15)16-2)14-11-6-4-9(13)5-7-11/h4-8,14H,3H2,1-2H3. The van der Waals surface area contributed by atoms with Crippen molar-refractivity contribution in [1.82, 2.24) is 0 Å². The number of benzene rings is 1. The molecule has 0 heterocycles. The van der Waals surface area contributed by atoms with E-state index in [0.29, 0.717) is 6.42 Å². The first-order chi connectivity index (χ1) is 7.65. The van der Waals surface area contributed by atoms with E-state index in [0.717, 1.165) is 11.4 Å². The molecule has 0 saturated heterocycles. The van der Waals surface area contributed by atoms with Crippen LogP contribution < -0.4 is 5.32 Å². The van der Waals surface area contributed by atoms with E-state index < -0.39 is 5.97 Å². The second-order valence-corrected chi connectivity index (χ2v) is 3.18. The number of methoxy groups -OCH3 is 1. The molecule has 0 radical (unpaired) electrons. The maximum absolute atomic E-state index is 12.7. The Morgan fingerprint density at radius 2 is 2.06 bits per heavy atom. The number of nitrogens with one attached hydrogen (secondary N) is 1. The number of rotatable bonds is 4. The minimum atomic E-state index is -0.411. The van der Waals surface area contributed by atoms with E-state index in [-0.39, 0.29) is 5.82 Å². The van der Waals surface area contributed by atoms with Crippen molar-refractivity contribution in [2.45, 2.75) is 13.3 Å². The minimum absolute atomic E-state index is 0.291. The fraction of sp³-hybridized carbons (Fsp3) is 0.250. The lowest BCUT2D eigenvalue weighted by molar-refractivity contribution is -0.134. The summed E-state index contributed by atoms with van der Waals surface area (Å²) in [6.45, 7) is 1.91. The van der Waals surface area contributed by atoms with E-state index in [1.165, 1.54) is 25.3 Å². The predicted octanol–water partition coefficient (Wildman–Crippen LogP) is 2.70. The molecule has 86 valence electrons. The molecule has 0 saturated carbocycles. The molecule has 1 aromatic rings. The van der Waals surface area contributed by atoms with Crippen LogP contribution in [0.15, 0.2) is 36.0 Å². The Balaban J connectivity index is 2.74. The molecule has 0 aliphatic heterocycles. The molecule has 0 fully saturated rings. The number of hydrogen-bond acceptors (Lipinski definition) is 3. The number of carbonyl (C=O) groups excluding carboxylic acids is 1. The number of carbonyl (C=O) groups is 1. The zero-order chi connectivity index (χ0) is 12.0. The lowest BCUT2D eigenvalue weighted by Crippen LogP contribution is -2.03. The number of halogens is 1. The number of esters is 1. The first-order valence-electron chi connectivity index (χ1n) is 4.96. The van der Waals surface area contributed by atoms with E-state index in [9.17, 15) is 9.18 Å². The summed E-state index contributed by atoms with van der Waals surface area (Å²) >= 11 is 0. The van der Waals surface area contributed by atoms with Crippen LogP contribution in [0.3, 0.4) is 0 Å². The van der Waals surface area contributed by atoms with Crippen molar-refractivity contribution < 1.29 is 13.9 Å².